The van der Waals surface area contributed by atoms with Gasteiger partial charge in [0.15, 0.2) is 0 Å². The standard InChI is InChI=1S/C15H31N5/c1-12(2)19(13(3)4)9-8-16-10-14-11-20(18-17-14)15(5,6)7/h11-13,16H,8-10H2,1-7H3. The van der Waals surface area contributed by atoms with Gasteiger partial charge in [0.1, 0.15) is 0 Å². The van der Waals surface area contributed by atoms with Crippen molar-refractivity contribution in [3.05, 3.63) is 11.9 Å². The zero-order valence-electron chi connectivity index (χ0n) is 14.1. The van der Waals surface area contributed by atoms with Crippen molar-refractivity contribution >= 4 is 0 Å². The Bertz CT molecular complexity index is 381. The first-order valence-electron chi connectivity index (χ1n) is 7.60. The molecule has 116 valence electrons. The first kappa shape index (κ1) is 17.1. The summed E-state index contributed by atoms with van der Waals surface area (Å²) in [6.45, 7) is 18.2. The van der Waals surface area contributed by atoms with Crippen LogP contribution < -0.4 is 5.32 Å². The molecule has 0 atom stereocenters. The van der Waals surface area contributed by atoms with Crippen molar-refractivity contribution in [2.75, 3.05) is 13.1 Å². The van der Waals surface area contributed by atoms with E-state index in [4.69, 9.17) is 0 Å². The summed E-state index contributed by atoms with van der Waals surface area (Å²) in [4.78, 5) is 2.49. The molecule has 0 bridgehead atoms. The second kappa shape index (κ2) is 7.18. The first-order valence-corrected chi connectivity index (χ1v) is 7.60. The Hall–Kier alpha value is -0.940. The van der Waals surface area contributed by atoms with Gasteiger partial charge in [0.25, 0.3) is 0 Å². The molecule has 0 aliphatic heterocycles. The third-order valence-corrected chi connectivity index (χ3v) is 3.41. The summed E-state index contributed by atoms with van der Waals surface area (Å²) < 4.78 is 1.92. The molecule has 5 heteroatoms. The second-order valence-electron chi connectivity index (χ2n) is 6.93. The molecule has 1 N–H and O–H groups in total. The number of aromatic nitrogens is 3. The zero-order chi connectivity index (χ0) is 15.3. The molecule has 0 aromatic carbocycles. The Morgan fingerprint density at radius 1 is 1.20 bits per heavy atom. The molecule has 1 rings (SSSR count). The van der Waals surface area contributed by atoms with E-state index in [-0.39, 0.29) is 5.54 Å². The van der Waals surface area contributed by atoms with Crippen molar-refractivity contribution in [1.82, 2.24) is 25.2 Å². The summed E-state index contributed by atoms with van der Waals surface area (Å²) in [5.41, 5.74) is 0.998. The number of hydrogen-bond donors (Lipinski definition) is 1. The third kappa shape index (κ3) is 5.21. The third-order valence-electron chi connectivity index (χ3n) is 3.41. The molecule has 5 nitrogen and oxygen atoms in total. The Kier molecular flexibility index (Phi) is 6.14. The molecule has 1 aromatic heterocycles. The lowest BCUT2D eigenvalue weighted by Gasteiger charge is -2.30. The first-order chi connectivity index (χ1) is 9.21. The molecule has 20 heavy (non-hydrogen) atoms. The fourth-order valence-electron chi connectivity index (χ4n) is 2.24. The van der Waals surface area contributed by atoms with Gasteiger partial charge in [-0.2, -0.15) is 0 Å². The lowest BCUT2D eigenvalue weighted by Crippen LogP contribution is -2.41. The molecule has 1 aromatic rings. The van der Waals surface area contributed by atoms with Gasteiger partial charge in [0.2, 0.25) is 0 Å². The smallest absolute Gasteiger partial charge is 0.0965 e. The molecule has 1 heterocycles. The second-order valence-corrected chi connectivity index (χ2v) is 6.93. The van der Waals surface area contributed by atoms with Gasteiger partial charge in [-0.15, -0.1) is 5.10 Å². The predicted octanol–water partition coefficient (Wildman–Crippen LogP) is 2.24. The van der Waals surface area contributed by atoms with Gasteiger partial charge >= 0.3 is 0 Å². The van der Waals surface area contributed by atoms with E-state index in [9.17, 15) is 0 Å². The van der Waals surface area contributed by atoms with Crippen LogP contribution >= 0.6 is 0 Å². The van der Waals surface area contributed by atoms with Crippen LogP contribution in [0.15, 0.2) is 6.20 Å². The van der Waals surface area contributed by atoms with Crippen LogP contribution in [0.2, 0.25) is 0 Å². The highest BCUT2D eigenvalue weighted by molar-refractivity contribution is 4.94. The SMILES string of the molecule is CC(C)N(CCNCc1cn(C(C)(C)C)nn1)C(C)C. The Labute approximate surface area is 123 Å². The van der Waals surface area contributed by atoms with Gasteiger partial charge in [0, 0.05) is 31.7 Å². The quantitative estimate of drug-likeness (QED) is 0.779. The number of rotatable bonds is 7. The average Bonchev–Trinajstić information content (AvgIpc) is 2.76. The normalized spacial score (nSPS) is 12.9. The van der Waals surface area contributed by atoms with E-state index in [0.29, 0.717) is 12.1 Å². The van der Waals surface area contributed by atoms with E-state index in [2.05, 4.69) is 69.0 Å². The monoisotopic (exact) mass is 281 g/mol. The van der Waals surface area contributed by atoms with Crippen molar-refractivity contribution in [3.63, 3.8) is 0 Å². The molecule has 0 fully saturated rings. The van der Waals surface area contributed by atoms with E-state index in [1.165, 1.54) is 0 Å². The van der Waals surface area contributed by atoms with Crippen molar-refractivity contribution < 1.29 is 0 Å². The van der Waals surface area contributed by atoms with E-state index in [1.54, 1.807) is 0 Å². The summed E-state index contributed by atoms with van der Waals surface area (Å²) in [6.07, 6.45) is 2.02. The van der Waals surface area contributed by atoms with Crippen LogP contribution in [0.25, 0.3) is 0 Å². The van der Waals surface area contributed by atoms with Crippen molar-refractivity contribution in [2.45, 2.75) is 72.6 Å². The van der Waals surface area contributed by atoms with Gasteiger partial charge in [-0.05, 0) is 48.5 Å². The van der Waals surface area contributed by atoms with Crippen molar-refractivity contribution in [1.29, 1.82) is 0 Å². The largest absolute Gasteiger partial charge is 0.310 e. The van der Waals surface area contributed by atoms with Gasteiger partial charge in [-0.1, -0.05) is 5.21 Å². The maximum Gasteiger partial charge on any atom is 0.0965 e. The van der Waals surface area contributed by atoms with Crippen molar-refractivity contribution in [3.8, 4) is 0 Å². The minimum atomic E-state index is -0.00264. The van der Waals surface area contributed by atoms with Gasteiger partial charge in [-0.3, -0.25) is 4.90 Å². The van der Waals surface area contributed by atoms with Crippen LogP contribution in [0.5, 0.6) is 0 Å². The maximum absolute atomic E-state index is 4.21. The molecule has 0 aliphatic rings. The van der Waals surface area contributed by atoms with Crippen LogP contribution in [0, 0.1) is 0 Å². The summed E-state index contributed by atoms with van der Waals surface area (Å²) in [6, 6.07) is 1.16. The summed E-state index contributed by atoms with van der Waals surface area (Å²) >= 11 is 0. The van der Waals surface area contributed by atoms with Crippen LogP contribution in [0.1, 0.15) is 54.2 Å². The van der Waals surface area contributed by atoms with E-state index < -0.39 is 0 Å². The molecule has 0 unspecified atom stereocenters. The molecule has 0 saturated heterocycles. The molecule has 0 aliphatic carbocycles. The van der Waals surface area contributed by atoms with Crippen LogP contribution in [-0.4, -0.2) is 45.1 Å². The molecular weight excluding hydrogens is 250 g/mol. The highest BCUT2D eigenvalue weighted by Gasteiger charge is 2.15. The number of nitrogens with one attached hydrogen (secondary N) is 1. The lowest BCUT2D eigenvalue weighted by atomic mass is 10.1. The predicted molar refractivity (Wildman–Crippen MR) is 83.7 cm³/mol. The summed E-state index contributed by atoms with van der Waals surface area (Å²) in [5.74, 6) is 0. The lowest BCUT2D eigenvalue weighted by molar-refractivity contribution is 0.175. The molecular formula is C15H31N5. The average molecular weight is 281 g/mol. The van der Waals surface area contributed by atoms with Crippen LogP contribution in [-0.2, 0) is 12.1 Å². The fourth-order valence-corrected chi connectivity index (χ4v) is 2.24. The molecule has 0 spiro atoms. The number of hydrogen-bond acceptors (Lipinski definition) is 4. The Morgan fingerprint density at radius 2 is 1.80 bits per heavy atom. The highest BCUT2D eigenvalue weighted by atomic mass is 15.4. The Morgan fingerprint density at radius 3 is 2.25 bits per heavy atom. The fraction of sp³-hybridized carbons (Fsp3) is 0.867. The summed E-state index contributed by atoms with van der Waals surface area (Å²) in [7, 11) is 0. The van der Waals surface area contributed by atoms with Crippen molar-refractivity contribution in [2.24, 2.45) is 0 Å². The number of nitrogens with zero attached hydrogens (tertiary/aromatic N) is 4. The molecule has 0 amide bonds. The van der Waals surface area contributed by atoms with Crippen LogP contribution in [0.3, 0.4) is 0 Å². The van der Waals surface area contributed by atoms with Gasteiger partial charge in [-0.25, -0.2) is 4.68 Å². The van der Waals surface area contributed by atoms with E-state index in [1.807, 2.05) is 10.9 Å². The maximum atomic E-state index is 4.21. The molecule has 0 saturated carbocycles. The minimum absolute atomic E-state index is 0.00264. The zero-order valence-corrected chi connectivity index (χ0v) is 14.1. The van der Waals surface area contributed by atoms with Gasteiger partial charge < -0.3 is 5.32 Å². The van der Waals surface area contributed by atoms with Gasteiger partial charge in [0.05, 0.1) is 17.4 Å². The topological polar surface area (TPSA) is 46.0 Å². The van der Waals surface area contributed by atoms with Crippen LogP contribution in [0.4, 0.5) is 0 Å². The molecule has 0 radical (unpaired) electrons. The van der Waals surface area contributed by atoms with E-state index in [0.717, 1.165) is 25.3 Å². The van der Waals surface area contributed by atoms with E-state index >= 15 is 0 Å². The highest BCUT2D eigenvalue weighted by Crippen LogP contribution is 2.11. The summed E-state index contributed by atoms with van der Waals surface area (Å²) in [5, 5.41) is 11.8. The minimum Gasteiger partial charge on any atom is -0.310 e. The Balaban J connectivity index is 2.36.